The van der Waals surface area contributed by atoms with E-state index in [1.54, 1.807) is 4.90 Å². The molecule has 1 amide bonds. The third kappa shape index (κ3) is 4.85. The van der Waals surface area contributed by atoms with E-state index in [1.807, 2.05) is 30.3 Å². The van der Waals surface area contributed by atoms with Gasteiger partial charge in [0.2, 0.25) is 5.91 Å². The van der Waals surface area contributed by atoms with Gasteiger partial charge in [-0.15, -0.1) is 0 Å². The van der Waals surface area contributed by atoms with Crippen LogP contribution in [0.25, 0.3) is 0 Å². The Morgan fingerprint density at radius 2 is 1.81 bits per heavy atom. The van der Waals surface area contributed by atoms with Crippen LogP contribution in [0.5, 0.6) is 5.75 Å². The summed E-state index contributed by atoms with van der Waals surface area (Å²) in [6, 6.07) is 9.69. The molecule has 1 saturated heterocycles. The lowest BCUT2D eigenvalue weighted by Gasteiger charge is -2.34. The van der Waals surface area contributed by atoms with E-state index in [1.165, 1.54) is 13.2 Å². The highest BCUT2D eigenvalue weighted by Crippen LogP contribution is 2.09. The van der Waals surface area contributed by atoms with Crippen molar-refractivity contribution in [3.8, 4) is 5.75 Å². The molecule has 0 bridgehead atoms. The normalized spacial score (nSPS) is 14.9. The number of aromatic nitrogens is 2. The summed E-state index contributed by atoms with van der Waals surface area (Å²) in [5, 5.41) is 0. The van der Waals surface area contributed by atoms with Crippen molar-refractivity contribution in [1.29, 1.82) is 0 Å². The number of benzene rings is 1. The number of carbonyl (C=O) groups excluding carboxylic acids is 1. The fraction of sp³-hybridized carbons (Fsp3) is 0.421. The van der Waals surface area contributed by atoms with E-state index in [4.69, 9.17) is 4.74 Å². The quantitative estimate of drug-likeness (QED) is 0.761. The molecule has 0 aliphatic carbocycles. The molecule has 0 radical (unpaired) electrons. The minimum atomic E-state index is -0.484. The number of piperazine rings is 1. The maximum absolute atomic E-state index is 12.5. The number of amides is 1. The summed E-state index contributed by atoms with van der Waals surface area (Å²) in [5.74, 6) is 0.758. The van der Waals surface area contributed by atoms with Crippen LogP contribution in [0, 0.1) is 0 Å². The number of ether oxygens (including phenoxy) is 1. The van der Waals surface area contributed by atoms with Gasteiger partial charge in [0.05, 0.1) is 6.42 Å². The Balaban J connectivity index is 1.45. The monoisotopic (exact) mass is 372 g/mol. The molecular weight excluding hydrogens is 348 g/mol. The molecule has 1 aliphatic rings. The van der Waals surface area contributed by atoms with E-state index >= 15 is 0 Å². The van der Waals surface area contributed by atoms with Crippen LogP contribution >= 0.6 is 0 Å². The van der Waals surface area contributed by atoms with Gasteiger partial charge in [-0.2, -0.15) is 0 Å². The summed E-state index contributed by atoms with van der Waals surface area (Å²) >= 11 is 0. The van der Waals surface area contributed by atoms with Crippen LogP contribution in [0.4, 0.5) is 0 Å². The molecule has 0 atom stereocenters. The molecular formula is C19H24N4O4. The van der Waals surface area contributed by atoms with Crippen LogP contribution in [0.3, 0.4) is 0 Å². The van der Waals surface area contributed by atoms with Crippen molar-refractivity contribution in [3.63, 3.8) is 0 Å². The lowest BCUT2D eigenvalue weighted by molar-refractivity contribution is -0.132. The van der Waals surface area contributed by atoms with Crippen molar-refractivity contribution in [2.45, 2.75) is 6.42 Å². The zero-order valence-corrected chi connectivity index (χ0v) is 15.4. The van der Waals surface area contributed by atoms with Gasteiger partial charge in [-0.3, -0.25) is 19.1 Å². The molecule has 1 N–H and O–H groups in total. The van der Waals surface area contributed by atoms with Crippen molar-refractivity contribution in [2.75, 3.05) is 39.3 Å². The molecule has 3 rings (SSSR count). The first kappa shape index (κ1) is 18.9. The number of H-pyrrole nitrogens is 1. The number of para-hydroxylation sites is 1. The second-order valence-corrected chi connectivity index (χ2v) is 6.54. The third-order valence-corrected chi connectivity index (χ3v) is 4.74. The minimum Gasteiger partial charge on any atom is -0.492 e. The van der Waals surface area contributed by atoms with Crippen LogP contribution in [0.1, 0.15) is 5.56 Å². The van der Waals surface area contributed by atoms with Gasteiger partial charge < -0.3 is 14.6 Å². The van der Waals surface area contributed by atoms with E-state index in [-0.39, 0.29) is 12.3 Å². The molecule has 1 aromatic carbocycles. The first-order chi connectivity index (χ1) is 13.0. The Hall–Kier alpha value is -2.87. The molecule has 2 heterocycles. The van der Waals surface area contributed by atoms with E-state index < -0.39 is 11.2 Å². The highest BCUT2D eigenvalue weighted by Gasteiger charge is 2.22. The molecule has 8 heteroatoms. The standard InChI is InChI=1S/C19H24N4O4/c1-21-18(25)15(14-20-19(21)26)13-17(24)23-9-7-22(8-10-23)11-12-27-16-5-3-2-4-6-16/h2-6,14H,7-13H2,1H3,(H,20,26). The maximum atomic E-state index is 12.5. The van der Waals surface area contributed by atoms with Crippen LogP contribution in [-0.2, 0) is 18.3 Å². The zero-order chi connectivity index (χ0) is 19.2. The molecule has 0 saturated carbocycles. The average Bonchev–Trinajstić information content (AvgIpc) is 2.70. The fourth-order valence-corrected chi connectivity index (χ4v) is 3.05. The maximum Gasteiger partial charge on any atom is 0.328 e. The lowest BCUT2D eigenvalue weighted by Crippen LogP contribution is -2.50. The number of rotatable bonds is 6. The van der Waals surface area contributed by atoms with Gasteiger partial charge in [0, 0.05) is 51.5 Å². The number of nitrogens with one attached hydrogen (secondary N) is 1. The second-order valence-electron chi connectivity index (χ2n) is 6.54. The van der Waals surface area contributed by atoms with E-state index in [0.717, 1.165) is 30.0 Å². The smallest absolute Gasteiger partial charge is 0.328 e. The molecule has 1 aliphatic heterocycles. The average molecular weight is 372 g/mol. The van der Waals surface area contributed by atoms with Crippen molar-refractivity contribution < 1.29 is 9.53 Å². The van der Waals surface area contributed by atoms with Crippen LogP contribution in [0.2, 0.25) is 0 Å². The summed E-state index contributed by atoms with van der Waals surface area (Å²) in [7, 11) is 1.39. The van der Waals surface area contributed by atoms with Gasteiger partial charge in [0.15, 0.2) is 0 Å². The molecule has 1 fully saturated rings. The molecule has 2 aromatic rings. The molecule has 0 spiro atoms. The van der Waals surface area contributed by atoms with Gasteiger partial charge in [-0.25, -0.2) is 4.79 Å². The molecule has 144 valence electrons. The molecule has 0 unspecified atom stereocenters. The summed E-state index contributed by atoms with van der Waals surface area (Å²) in [6.45, 7) is 4.19. The van der Waals surface area contributed by atoms with Crippen LogP contribution < -0.4 is 16.0 Å². The minimum absolute atomic E-state index is 0.000567. The second kappa shape index (κ2) is 8.68. The number of carbonyl (C=O) groups is 1. The molecule has 1 aromatic heterocycles. The van der Waals surface area contributed by atoms with Crippen molar-refractivity contribution in [2.24, 2.45) is 7.05 Å². The van der Waals surface area contributed by atoms with Gasteiger partial charge in [-0.1, -0.05) is 18.2 Å². The number of aromatic amines is 1. The third-order valence-electron chi connectivity index (χ3n) is 4.74. The van der Waals surface area contributed by atoms with Gasteiger partial charge >= 0.3 is 5.69 Å². The van der Waals surface area contributed by atoms with Gasteiger partial charge in [-0.05, 0) is 12.1 Å². The van der Waals surface area contributed by atoms with Crippen molar-refractivity contribution in [3.05, 3.63) is 62.9 Å². The summed E-state index contributed by atoms with van der Waals surface area (Å²) in [5.41, 5.74) is -0.605. The molecule has 27 heavy (non-hydrogen) atoms. The number of nitrogens with zero attached hydrogens (tertiary/aromatic N) is 3. The van der Waals surface area contributed by atoms with E-state index in [2.05, 4.69) is 9.88 Å². The zero-order valence-electron chi connectivity index (χ0n) is 15.4. The highest BCUT2D eigenvalue weighted by molar-refractivity contribution is 5.78. The Bertz CT molecular complexity index is 883. The SMILES string of the molecule is Cn1c(=O)[nH]cc(CC(=O)N2CCN(CCOc3ccccc3)CC2)c1=O. The Labute approximate surface area is 157 Å². The Morgan fingerprint density at radius 1 is 1.11 bits per heavy atom. The van der Waals surface area contributed by atoms with Gasteiger partial charge in [0.25, 0.3) is 5.56 Å². The van der Waals surface area contributed by atoms with E-state index in [0.29, 0.717) is 25.3 Å². The summed E-state index contributed by atoms with van der Waals surface area (Å²) < 4.78 is 6.69. The van der Waals surface area contributed by atoms with Crippen LogP contribution in [-0.4, -0.2) is 64.6 Å². The number of hydrogen-bond donors (Lipinski definition) is 1. The van der Waals surface area contributed by atoms with Crippen LogP contribution in [0.15, 0.2) is 46.1 Å². The highest BCUT2D eigenvalue weighted by atomic mass is 16.5. The first-order valence-electron chi connectivity index (χ1n) is 9.00. The van der Waals surface area contributed by atoms with E-state index in [9.17, 15) is 14.4 Å². The molecule has 8 nitrogen and oxygen atoms in total. The summed E-state index contributed by atoms with van der Waals surface area (Å²) in [4.78, 5) is 42.4. The largest absolute Gasteiger partial charge is 0.492 e. The first-order valence-corrected chi connectivity index (χ1v) is 9.00. The lowest BCUT2D eigenvalue weighted by atomic mass is 10.2. The Morgan fingerprint density at radius 3 is 2.52 bits per heavy atom. The Kier molecular flexibility index (Phi) is 6.08. The topological polar surface area (TPSA) is 87.6 Å². The number of hydrogen-bond acceptors (Lipinski definition) is 5. The fourth-order valence-electron chi connectivity index (χ4n) is 3.05. The van der Waals surface area contributed by atoms with Crippen molar-refractivity contribution in [1.82, 2.24) is 19.4 Å². The predicted octanol–water partition coefficient (Wildman–Crippen LogP) is -0.161. The van der Waals surface area contributed by atoms with Gasteiger partial charge in [0.1, 0.15) is 12.4 Å². The predicted molar refractivity (Wildman–Crippen MR) is 101 cm³/mol. The summed E-state index contributed by atoms with van der Waals surface area (Å²) in [6.07, 6.45) is 1.33. The van der Waals surface area contributed by atoms with Crippen molar-refractivity contribution >= 4 is 5.91 Å².